The molecule has 2 N–H and O–H groups in total. The van der Waals surface area contributed by atoms with Gasteiger partial charge in [0.05, 0.1) is 16.3 Å². The van der Waals surface area contributed by atoms with E-state index in [-0.39, 0.29) is 30.8 Å². The molecule has 0 aliphatic rings. The van der Waals surface area contributed by atoms with E-state index in [2.05, 4.69) is 18.7 Å². The number of hydrogen-bond donors (Lipinski definition) is 1. The molecule has 0 spiro atoms. The number of rotatable bonds is 6. The molecule has 1 aromatic rings. The first-order valence-electron chi connectivity index (χ1n) is 6.03. The summed E-state index contributed by atoms with van der Waals surface area (Å²) in [7, 11) is 0. The minimum absolute atomic E-state index is 0. The molecule has 0 aliphatic carbocycles. The Bertz CT molecular complexity index is 413. The maximum atomic E-state index is 11.7. The van der Waals surface area contributed by atoms with Crippen molar-refractivity contribution in [3.63, 3.8) is 0 Å². The molecule has 0 bridgehead atoms. The van der Waals surface area contributed by atoms with Gasteiger partial charge in [-0.3, -0.25) is 0 Å². The van der Waals surface area contributed by atoms with Crippen LogP contribution in [0.2, 0.25) is 5.02 Å². The molecule has 1 rings (SSSR count). The topological polar surface area (TPSA) is 55.6 Å². The number of carbonyl (C=O) groups excluding carboxylic acids is 1. The number of anilines is 1. The van der Waals surface area contributed by atoms with Crippen LogP contribution >= 0.6 is 36.4 Å². The van der Waals surface area contributed by atoms with Crippen LogP contribution in [-0.2, 0) is 4.74 Å². The van der Waals surface area contributed by atoms with E-state index in [0.29, 0.717) is 22.9 Å². The van der Waals surface area contributed by atoms with E-state index >= 15 is 0 Å². The van der Waals surface area contributed by atoms with Crippen molar-refractivity contribution in [2.24, 2.45) is 0 Å². The van der Waals surface area contributed by atoms with Gasteiger partial charge in [0.1, 0.15) is 6.61 Å². The lowest BCUT2D eigenvalue weighted by Crippen LogP contribution is -2.27. The van der Waals surface area contributed by atoms with Gasteiger partial charge >= 0.3 is 5.97 Å². The Kier molecular flexibility index (Phi) is 11.9. The third-order valence-electron chi connectivity index (χ3n) is 2.77. The second-order valence-corrected chi connectivity index (χ2v) is 4.31. The second kappa shape index (κ2) is 11.0. The van der Waals surface area contributed by atoms with E-state index in [9.17, 15) is 4.79 Å². The van der Waals surface area contributed by atoms with Gasteiger partial charge in [-0.1, -0.05) is 25.4 Å². The van der Waals surface area contributed by atoms with Crippen LogP contribution in [0.1, 0.15) is 24.2 Å². The summed E-state index contributed by atoms with van der Waals surface area (Å²) in [5.74, 6) is -0.370. The van der Waals surface area contributed by atoms with Crippen molar-refractivity contribution >= 4 is 48.1 Å². The summed E-state index contributed by atoms with van der Waals surface area (Å²) in [6, 6.07) is 4.73. The molecule has 4 nitrogen and oxygen atoms in total. The summed E-state index contributed by atoms with van der Waals surface area (Å²) in [5.41, 5.74) is 6.44. The fourth-order valence-electron chi connectivity index (χ4n) is 1.56. The fraction of sp³-hybridized carbons (Fsp3) is 0.462. The van der Waals surface area contributed by atoms with Gasteiger partial charge < -0.3 is 15.4 Å². The van der Waals surface area contributed by atoms with Crippen molar-refractivity contribution in [3.05, 3.63) is 28.8 Å². The number of benzene rings is 1. The normalized spacial score (nSPS) is 9.60. The standard InChI is InChI=1S/C13H19ClN2O2.2ClH/c1-3-16(4-2)7-8-18-13(17)10-5-6-11(14)12(15)9-10;;/h5-6,9H,3-4,7-8,15H2,1-2H3;2*1H. The predicted molar refractivity (Wildman–Crippen MR) is 88.4 cm³/mol. The third kappa shape index (κ3) is 6.66. The van der Waals surface area contributed by atoms with E-state index in [1.165, 1.54) is 6.07 Å². The van der Waals surface area contributed by atoms with Gasteiger partial charge in [-0.15, -0.1) is 24.8 Å². The summed E-state index contributed by atoms with van der Waals surface area (Å²) in [6.07, 6.45) is 0. The molecule has 7 heteroatoms. The zero-order chi connectivity index (χ0) is 13.5. The number of likely N-dealkylation sites (N-methyl/N-ethyl adjacent to an activating group) is 1. The first-order chi connectivity index (χ1) is 8.58. The minimum Gasteiger partial charge on any atom is -0.461 e. The van der Waals surface area contributed by atoms with Crippen LogP contribution in [0.3, 0.4) is 0 Å². The molecular formula is C13H21Cl3N2O2. The van der Waals surface area contributed by atoms with Crippen LogP contribution in [0.25, 0.3) is 0 Å². The largest absolute Gasteiger partial charge is 0.461 e. The Morgan fingerprint density at radius 2 is 1.90 bits per heavy atom. The van der Waals surface area contributed by atoms with Gasteiger partial charge in [0.2, 0.25) is 0 Å². The Balaban J connectivity index is 0. The highest BCUT2D eigenvalue weighted by Crippen LogP contribution is 2.19. The summed E-state index contributed by atoms with van der Waals surface area (Å²) < 4.78 is 5.18. The molecule has 0 aliphatic heterocycles. The smallest absolute Gasteiger partial charge is 0.338 e. The summed E-state index contributed by atoms with van der Waals surface area (Å²) in [6.45, 7) is 7.16. The number of carbonyl (C=O) groups is 1. The number of esters is 1. The van der Waals surface area contributed by atoms with E-state index < -0.39 is 0 Å². The van der Waals surface area contributed by atoms with E-state index in [1.54, 1.807) is 12.1 Å². The van der Waals surface area contributed by atoms with Crippen LogP contribution in [-0.4, -0.2) is 37.1 Å². The van der Waals surface area contributed by atoms with Crippen LogP contribution < -0.4 is 5.73 Å². The second-order valence-electron chi connectivity index (χ2n) is 3.90. The lowest BCUT2D eigenvalue weighted by atomic mass is 10.2. The molecule has 0 atom stereocenters. The highest BCUT2D eigenvalue weighted by molar-refractivity contribution is 6.33. The zero-order valence-electron chi connectivity index (χ0n) is 11.6. The quantitative estimate of drug-likeness (QED) is 0.636. The molecule has 116 valence electrons. The third-order valence-corrected chi connectivity index (χ3v) is 3.11. The molecule has 0 heterocycles. The van der Waals surface area contributed by atoms with Gasteiger partial charge in [0, 0.05) is 6.54 Å². The molecule has 0 unspecified atom stereocenters. The van der Waals surface area contributed by atoms with Crippen molar-refractivity contribution < 1.29 is 9.53 Å². The zero-order valence-corrected chi connectivity index (χ0v) is 14.0. The van der Waals surface area contributed by atoms with E-state index in [4.69, 9.17) is 22.1 Å². The monoisotopic (exact) mass is 342 g/mol. The van der Waals surface area contributed by atoms with E-state index in [1.807, 2.05) is 0 Å². The van der Waals surface area contributed by atoms with Crippen molar-refractivity contribution in [2.75, 3.05) is 32.0 Å². The van der Waals surface area contributed by atoms with Gasteiger partial charge in [-0.05, 0) is 31.3 Å². The van der Waals surface area contributed by atoms with Crippen molar-refractivity contribution in [3.8, 4) is 0 Å². The van der Waals surface area contributed by atoms with Gasteiger partial charge in [0.25, 0.3) is 0 Å². The van der Waals surface area contributed by atoms with Crippen LogP contribution in [0.15, 0.2) is 18.2 Å². The van der Waals surface area contributed by atoms with Gasteiger partial charge in [0.15, 0.2) is 0 Å². The van der Waals surface area contributed by atoms with Crippen LogP contribution in [0.4, 0.5) is 5.69 Å². The molecule has 0 amide bonds. The average molecular weight is 344 g/mol. The highest BCUT2D eigenvalue weighted by Gasteiger charge is 2.09. The number of halogens is 3. The first kappa shape index (κ1) is 21.6. The van der Waals surface area contributed by atoms with Crippen LogP contribution in [0.5, 0.6) is 0 Å². The molecule has 20 heavy (non-hydrogen) atoms. The fourth-order valence-corrected chi connectivity index (χ4v) is 1.68. The molecule has 1 aromatic carbocycles. The number of ether oxygens (including phenoxy) is 1. The highest BCUT2D eigenvalue weighted by atomic mass is 35.5. The maximum absolute atomic E-state index is 11.7. The number of nitrogens with two attached hydrogens (primary N) is 1. The summed E-state index contributed by atoms with van der Waals surface area (Å²) in [4.78, 5) is 13.9. The van der Waals surface area contributed by atoms with Gasteiger partial charge in [-0.25, -0.2) is 4.79 Å². The summed E-state index contributed by atoms with van der Waals surface area (Å²) >= 11 is 5.79. The molecule has 0 saturated heterocycles. The maximum Gasteiger partial charge on any atom is 0.338 e. The van der Waals surface area contributed by atoms with Gasteiger partial charge in [-0.2, -0.15) is 0 Å². The Hall–Kier alpha value is -0.680. The number of nitrogen functional groups attached to an aromatic ring is 1. The molecule has 0 radical (unpaired) electrons. The van der Waals surface area contributed by atoms with E-state index in [0.717, 1.165) is 19.6 Å². The van der Waals surface area contributed by atoms with Crippen LogP contribution in [0, 0.1) is 0 Å². The number of hydrogen-bond acceptors (Lipinski definition) is 4. The lowest BCUT2D eigenvalue weighted by Gasteiger charge is -2.17. The van der Waals surface area contributed by atoms with Crippen molar-refractivity contribution in [2.45, 2.75) is 13.8 Å². The molecular weight excluding hydrogens is 323 g/mol. The molecule has 0 fully saturated rings. The Labute approximate surface area is 137 Å². The minimum atomic E-state index is -0.370. The molecule has 0 saturated carbocycles. The first-order valence-corrected chi connectivity index (χ1v) is 6.40. The Morgan fingerprint density at radius 1 is 1.30 bits per heavy atom. The Morgan fingerprint density at radius 3 is 2.40 bits per heavy atom. The summed E-state index contributed by atoms with van der Waals surface area (Å²) in [5, 5.41) is 0.440. The lowest BCUT2D eigenvalue weighted by molar-refractivity contribution is 0.0466. The predicted octanol–water partition coefficient (Wildman–Crippen LogP) is 3.26. The SMILES string of the molecule is CCN(CC)CCOC(=O)c1ccc(Cl)c(N)c1.Cl.Cl. The molecule has 0 aromatic heterocycles. The average Bonchev–Trinajstić information content (AvgIpc) is 2.37. The van der Waals surface area contributed by atoms with Crippen molar-refractivity contribution in [1.82, 2.24) is 4.90 Å². The van der Waals surface area contributed by atoms with Crippen molar-refractivity contribution in [1.29, 1.82) is 0 Å². The number of nitrogens with zero attached hydrogens (tertiary/aromatic N) is 1.